The number of benzene rings is 1. The molecule has 0 saturated carbocycles. The number of carbonyl (C=O) groups is 1. The average Bonchev–Trinajstić information content (AvgIpc) is 3.39. The van der Waals surface area contributed by atoms with E-state index >= 15 is 0 Å². The van der Waals surface area contributed by atoms with Crippen molar-refractivity contribution in [3.8, 4) is 5.75 Å². The average molecular weight is 435 g/mol. The number of aromatic nitrogens is 2. The molecule has 9 heteroatoms. The Morgan fingerprint density at radius 2 is 1.97 bits per heavy atom. The minimum atomic E-state index is -0.0778. The number of rotatable bonds is 6. The normalized spacial score (nSPS) is 14.9. The summed E-state index contributed by atoms with van der Waals surface area (Å²) in [6.45, 7) is 3.81. The van der Waals surface area contributed by atoms with Gasteiger partial charge < -0.3 is 14.1 Å². The molecular formula is C20H20Cl2N4O3. The van der Waals surface area contributed by atoms with Crippen molar-refractivity contribution in [2.75, 3.05) is 26.2 Å². The maximum atomic E-state index is 12.7. The molecule has 3 heterocycles. The molecule has 1 aliphatic rings. The number of ether oxygens (including phenoxy) is 1. The molecule has 1 aliphatic heterocycles. The third-order valence-corrected chi connectivity index (χ3v) is 5.26. The summed E-state index contributed by atoms with van der Waals surface area (Å²) >= 11 is 12.0. The van der Waals surface area contributed by atoms with Crippen molar-refractivity contribution in [2.24, 2.45) is 0 Å². The third kappa shape index (κ3) is 4.93. The number of amides is 1. The molecule has 7 nitrogen and oxygen atoms in total. The molecule has 0 radical (unpaired) electrons. The number of hydrogen-bond donors (Lipinski definition) is 0. The van der Waals surface area contributed by atoms with Gasteiger partial charge in [0.25, 0.3) is 5.91 Å². The third-order valence-electron chi connectivity index (χ3n) is 4.73. The van der Waals surface area contributed by atoms with Crippen molar-refractivity contribution in [1.29, 1.82) is 0 Å². The zero-order valence-electron chi connectivity index (χ0n) is 15.6. The van der Waals surface area contributed by atoms with Gasteiger partial charge in [0.1, 0.15) is 11.5 Å². The SMILES string of the molecule is O=C(c1ccn(COc2ccc(Cl)cc2Cl)n1)N1CCN(Cc2ccco2)CC1. The van der Waals surface area contributed by atoms with Crippen LogP contribution in [0.2, 0.25) is 10.0 Å². The Morgan fingerprint density at radius 1 is 1.14 bits per heavy atom. The summed E-state index contributed by atoms with van der Waals surface area (Å²) < 4.78 is 12.6. The molecular weight excluding hydrogens is 415 g/mol. The van der Waals surface area contributed by atoms with Gasteiger partial charge in [0.05, 0.1) is 17.8 Å². The van der Waals surface area contributed by atoms with Crippen LogP contribution in [0, 0.1) is 0 Å². The maximum Gasteiger partial charge on any atom is 0.274 e. The first-order chi connectivity index (χ1) is 14.1. The van der Waals surface area contributed by atoms with Crippen LogP contribution in [0.4, 0.5) is 0 Å². The molecule has 3 aromatic rings. The summed E-state index contributed by atoms with van der Waals surface area (Å²) in [6, 6.07) is 10.6. The van der Waals surface area contributed by atoms with Crippen LogP contribution in [-0.2, 0) is 13.3 Å². The van der Waals surface area contributed by atoms with E-state index in [-0.39, 0.29) is 12.6 Å². The number of carbonyl (C=O) groups excluding carboxylic acids is 1. The fourth-order valence-corrected chi connectivity index (χ4v) is 3.63. The molecule has 1 saturated heterocycles. The standard InChI is InChI=1S/C20H20Cl2N4O3/c21-15-3-4-19(17(22)12-15)29-14-26-6-5-18(23-26)20(27)25-9-7-24(8-10-25)13-16-2-1-11-28-16/h1-6,11-12H,7-10,13-14H2. The van der Waals surface area contributed by atoms with Crippen molar-refractivity contribution in [3.05, 3.63) is 70.4 Å². The predicted molar refractivity (Wildman–Crippen MR) is 109 cm³/mol. The second-order valence-electron chi connectivity index (χ2n) is 6.74. The van der Waals surface area contributed by atoms with Crippen molar-refractivity contribution >= 4 is 29.1 Å². The summed E-state index contributed by atoms with van der Waals surface area (Å²) in [5.74, 6) is 1.36. The summed E-state index contributed by atoms with van der Waals surface area (Å²) in [6.07, 6.45) is 3.39. The molecule has 2 aromatic heterocycles. The van der Waals surface area contributed by atoms with E-state index in [2.05, 4.69) is 10.00 Å². The molecule has 4 rings (SSSR count). The van der Waals surface area contributed by atoms with Gasteiger partial charge in [-0.1, -0.05) is 23.2 Å². The largest absolute Gasteiger partial charge is 0.470 e. The molecule has 0 atom stereocenters. The summed E-state index contributed by atoms with van der Waals surface area (Å²) in [4.78, 5) is 16.8. The topological polar surface area (TPSA) is 63.7 Å². The van der Waals surface area contributed by atoms with Crippen molar-refractivity contribution in [1.82, 2.24) is 19.6 Å². The Morgan fingerprint density at radius 3 is 2.69 bits per heavy atom. The lowest BCUT2D eigenvalue weighted by Crippen LogP contribution is -2.48. The van der Waals surface area contributed by atoms with Gasteiger partial charge in [-0.25, -0.2) is 4.68 Å². The van der Waals surface area contributed by atoms with Crippen LogP contribution in [0.1, 0.15) is 16.2 Å². The fraction of sp³-hybridized carbons (Fsp3) is 0.300. The van der Waals surface area contributed by atoms with E-state index in [0.717, 1.165) is 25.4 Å². The molecule has 0 N–H and O–H groups in total. The van der Waals surface area contributed by atoms with E-state index in [0.29, 0.717) is 34.6 Å². The quantitative estimate of drug-likeness (QED) is 0.590. The van der Waals surface area contributed by atoms with E-state index in [1.165, 1.54) is 0 Å². The monoisotopic (exact) mass is 434 g/mol. The van der Waals surface area contributed by atoms with Crippen LogP contribution in [0.3, 0.4) is 0 Å². The Labute approximate surface area is 178 Å². The van der Waals surface area contributed by atoms with Gasteiger partial charge in [-0.05, 0) is 36.4 Å². The highest BCUT2D eigenvalue weighted by molar-refractivity contribution is 6.35. The van der Waals surface area contributed by atoms with Crippen LogP contribution in [0.25, 0.3) is 0 Å². The molecule has 0 unspecified atom stereocenters. The zero-order valence-corrected chi connectivity index (χ0v) is 17.1. The minimum Gasteiger partial charge on any atom is -0.470 e. The summed E-state index contributed by atoms with van der Waals surface area (Å²) in [5.41, 5.74) is 0.398. The first-order valence-corrected chi connectivity index (χ1v) is 9.99. The molecule has 0 spiro atoms. The van der Waals surface area contributed by atoms with E-state index < -0.39 is 0 Å². The second-order valence-corrected chi connectivity index (χ2v) is 7.58. The van der Waals surface area contributed by atoms with Crippen LogP contribution in [-0.4, -0.2) is 51.7 Å². The Kier molecular flexibility index (Phi) is 6.08. The predicted octanol–water partition coefficient (Wildman–Crippen LogP) is 3.78. The maximum absolute atomic E-state index is 12.7. The van der Waals surface area contributed by atoms with Crippen molar-refractivity contribution in [3.63, 3.8) is 0 Å². The zero-order chi connectivity index (χ0) is 20.2. The highest BCUT2D eigenvalue weighted by Crippen LogP contribution is 2.27. The van der Waals surface area contributed by atoms with Gasteiger partial charge in [0.2, 0.25) is 0 Å². The molecule has 29 heavy (non-hydrogen) atoms. The van der Waals surface area contributed by atoms with E-state index in [1.54, 1.807) is 41.4 Å². The summed E-state index contributed by atoms with van der Waals surface area (Å²) in [7, 11) is 0. The first kappa shape index (κ1) is 19.8. The molecule has 1 amide bonds. The number of halogens is 2. The second kappa shape index (κ2) is 8.90. The Bertz CT molecular complexity index is 966. The van der Waals surface area contributed by atoms with Gasteiger partial charge in [-0.15, -0.1) is 0 Å². The highest BCUT2D eigenvalue weighted by Gasteiger charge is 2.24. The van der Waals surface area contributed by atoms with Crippen LogP contribution >= 0.6 is 23.2 Å². The lowest BCUT2D eigenvalue weighted by atomic mass is 10.2. The lowest BCUT2D eigenvalue weighted by Gasteiger charge is -2.33. The Balaban J connectivity index is 1.29. The lowest BCUT2D eigenvalue weighted by molar-refractivity contribution is 0.0613. The van der Waals surface area contributed by atoms with Crippen LogP contribution in [0.5, 0.6) is 5.75 Å². The first-order valence-electron chi connectivity index (χ1n) is 9.24. The molecule has 1 aromatic carbocycles. The Hall–Kier alpha value is -2.48. The molecule has 152 valence electrons. The van der Waals surface area contributed by atoms with E-state index in [9.17, 15) is 4.79 Å². The van der Waals surface area contributed by atoms with Crippen molar-refractivity contribution < 1.29 is 13.9 Å². The number of hydrogen-bond acceptors (Lipinski definition) is 5. The van der Waals surface area contributed by atoms with E-state index in [4.69, 9.17) is 32.4 Å². The molecule has 0 bridgehead atoms. The van der Waals surface area contributed by atoms with Gasteiger partial charge in [0, 0.05) is 37.4 Å². The summed E-state index contributed by atoms with van der Waals surface area (Å²) in [5, 5.41) is 5.29. The number of furan rings is 1. The van der Waals surface area contributed by atoms with Gasteiger partial charge in [0.15, 0.2) is 12.4 Å². The number of piperazine rings is 1. The smallest absolute Gasteiger partial charge is 0.274 e. The van der Waals surface area contributed by atoms with E-state index in [1.807, 2.05) is 17.0 Å². The molecule has 1 fully saturated rings. The van der Waals surface area contributed by atoms with Gasteiger partial charge in [-0.3, -0.25) is 9.69 Å². The van der Waals surface area contributed by atoms with Crippen LogP contribution < -0.4 is 4.74 Å². The van der Waals surface area contributed by atoms with Gasteiger partial charge in [-0.2, -0.15) is 5.10 Å². The fourth-order valence-electron chi connectivity index (χ4n) is 3.17. The number of nitrogens with zero attached hydrogens (tertiary/aromatic N) is 4. The van der Waals surface area contributed by atoms with Crippen LogP contribution in [0.15, 0.2) is 53.3 Å². The molecule has 0 aliphatic carbocycles. The minimum absolute atomic E-state index is 0.0778. The van der Waals surface area contributed by atoms with Crippen molar-refractivity contribution in [2.45, 2.75) is 13.3 Å². The highest BCUT2D eigenvalue weighted by atomic mass is 35.5. The van der Waals surface area contributed by atoms with Gasteiger partial charge >= 0.3 is 0 Å².